The quantitative estimate of drug-likeness (QED) is 0.826. The summed E-state index contributed by atoms with van der Waals surface area (Å²) in [5, 5.41) is 2.92. The molecule has 1 saturated heterocycles. The zero-order valence-corrected chi connectivity index (χ0v) is 10.8. The Bertz CT molecular complexity index is 407. The molecule has 0 unspecified atom stereocenters. The summed E-state index contributed by atoms with van der Waals surface area (Å²) in [6, 6.07) is 3.36. The third kappa shape index (κ3) is 3.43. The van der Waals surface area contributed by atoms with Crippen LogP contribution in [0.25, 0.3) is 0 Å². The number of carbonyl (C=O) groups excluding carboxylic acids is 1. The molecule has 0 spiro atoms. The average molecular weight is 248 g/mol. The lowest BCUT2D eigenvalue weighted by Crippen LogP contribution is -2.33. The van der Waals surface area contributed by atoms with Crippen molar-refractivity contribution in [2.75, 3.05) is 31.9 Å². The molecule has 3 N–H and O–H groups in total. The second-order valence-electron chi connectivity index (χ2n) is 4.73. The Kier molecular flexibility index (Phi) is 4.15. The van der Waals surface area contributed by atoms with E-state index < -0.39 is 0 Å². The number of rotatable bonds is 4. The Morgan fingerprint density at radius 2 is 2.17 bits per heavy atom. The standard InChI is InChI=1S/C13H20N4O/c1-10-8-11(9-12(14)16-10)13(18)15-4-7-17-5-2-3-6-17/h8-9H,2-7H2,1H3,(H2,14,16)(H,15,18). The zero-order chi connectivity index (χ0) is 13.0. The van der Waals surface area contributed by atoms with E-state index in [2.05, 4.69) is 15.2 Å². The van der Waals surface area contributed by atoms with Crippen molar-refractivity contribution >= 4 is 11.7 Å². The molecule has 1 aromatic rings. The van der Waals surface area contributed by atoms with Gasteiger partial charge in [-0.15, -0.1) is 0 Å². The number of aryl methyl sites for hydroxylation is 1. The minimum atomic E-state index is -0.0774. The summed E-state index contributed by atoms with van der Waals surface area (Å²) in [5.74, 6) is 0.311. The molecule has 98 valence electrons. The van der Waals surface area contributed by atoms with E-state index in [4.69, 9.17) is 5.73 Å². The fourth-order valence-electron chi connectivity index (χ4n) is 2.26. The Morgan fingerprint density at radius 1 is 1.44 bits per heavy atom. The van der Waals surface area contributed by atoms with E-state index in [0.717, 1.165) is 25.3 Å². The molecular formula is C13H20N4O. The molecule has 2 heterocycles. The first kappa shape index (κ1) is 12.8. The lowest BCUT2D eigenvalue weighted by atomic mass is 10.2. The molecule has 0 radical (unpaired) electrons. The lowest BCUT2D eigenvalue weighted by Gasteiger charge is -2.14. The van der Waals surface area contributed by atoms with Gasteiger partial charge in [-0.3, -0.25) is 4.79 Å². The topological polar surface area (TPSA) is 71.2 Å². The summed E-state index contributed by atoms with van der Waals surface area (Å²) in [7, 11) is 0. The van der Waals surface area contributed by atoms with Crippen molar-refractivity contribution in [1.29, 1.82) is 0 Å². The van der Waals surface area contributed by atoms with Crippen LogP contribution in [0, 0.1) is 6.92 Å². The van der Waals surface area contributed by atoms with Crippen molar-refractivity contribution in [2.45, 2.75) is 19.8 Å². The van der Waals surface area contributed by atoms with Crippen LogP contribution in [0.4, 0.5) is 5.82 Å². The van der Waals surface area contributed by atoms with Crippen LogP contribution >= 0.6 is 0 Å². The summed E-state index contributed by atoms with van der Waals surface area (Å²) >= 11 is 0. The normalized spacial score (nSPS) is 15.8. The number of carbonyl (C=O) groups is 1. The molecular weight excluding hydrogens is 228 g/mol. The highest BCUT2D eigenvalue weighted by Gasteiger charge is 2.12. The third-order valence-corrected chi connectivity index (χ3v) is 3.15. The largest absolute Gasteiger partial charge is 0.384 e. The van der Waals surface area contributed by atoms with E-state index in [0.29, 0.717) is 17.9 Å². The molecule has 1 aliphatic rings. The molecule has 18 heavy (non-hydrogen) atoms. The van der Waals surface area contributed by atoms with Crippen LogP contribution in [0.3, 0.4) is 0 Å². The van der Waals surface area contributed by atoms with Gasteiger partial charge in [0.2, 0.25) is 0 Å². The molecule has 5 nitrogen and oxygen atoms in total. The minimum Gasteiger partial charge on any atom is -0.384 e. The van der Waals surface area contributed by atoms with Crippen LogP contribution in [0.2, 0.25) is 0 Å². The molecule has 1 aliphatic heterocycles. The number of nitrogen functional groups attached to an aromatic ring is 1. The number of nitrogens with zero attached hydrogens (tertiary/aromatic N) is 2. The highest BCUT2D eigenvalue weighted by Crippen LogP contribution is 2.07. The molecule has 0 saturated carbocycles. The highest BCUT2D eigenvalue weighted by molar-refractivity contribution is 5.94. The Labute approximate surface area is 107 Å². The molecule has 1 fully saturated rings. The number of nitrogens with two attached hydrogens (primary N) is 1. The molecule has 0 aliphatic carbocycles. The Hall–Kier alpha value is -1.62. The van der Waals surface area contributed by atoms with Gasteiger partial charge in [0.05, 0.1) is 0 Å². The van der Waals surface area contributed by atoms with Crippen LogP contribution in [0.1, 0.15) is 28.9 Å². The predicted octanol–water partition coefficient (Wildman–Crippen LogP) is 0.798. The van der Waals surface area contributed by atoms with Gasteiger partial charge in [0, 0.05) is 24.3 Å². The monoisotopic (exact) mass is 248 g/mol. The van der Waals surface area contributed by atoms with E-state index in [1.54, 1.807) is 12.1 Å². The van der Waals surface area contributed by atoms with Crippen molar-refractivity contribution in [3.8, 4) is 0 Å². The van der Waals surface area contributed by atoms with Crippen molar-refractivity contribution in [3.63, 3.8) is 0 Å². The van der Waals surface area contributed by atoms with Gasteiger partial charge in [0.1, 0.15) is 5.82 Å². The first-order chi connectivity index (χ1) is 8.65. The van der Waals surface area contributed by atoms with Crippen molar-refractivity contribution in [1.82, 2.24) is 15.2 Å². The van der Waals surface area contributed by atoms with Crippen molar-refractivity contribution in [2.24, 2.45) is 0 Å². The number of nitrogens with one attached hydrogen (secondary N) is 1. The van der Waals surface area contributed by atoms with E-state index in [-0.39, 0.29) is 5.91 Å². The fraction of sp³-hybridized carbons (Fsp3) is 0.538. The number of amides is 1. The molecule has 2 rings (SSSR count). The average Bonchev–Trinajstić information content (AvgIpc) is 2.80. The first-order valence-corrected chi connectivity index (χ1v) is 6.40. The number of aromatic nitrogens is 1. The van der Waals surface area contributed by atoms with Gasteiger partial charge in [-0.2, -0.15) is 0 Å². The number of hydrogen-bond donors (Lipinski definition) is 2. The summed E-state index contributed by atoms with van der Waals surface area (Å²) in [4.78, 5) is 18.3. The van der Waals surface area contributed by atoms with E-state index in [1.165, 1.54) is 12.8 Å². The SMILES string of the molecule is Cc1cc(C(=O)NCCN2CCCC2)cc(N)n1. The van der Waals surface area contributed by atoms with Gasteiger partial charge in [-0.25, -0.2) is 4.98 Å². The van der Waals surface area contributed by atoms with Crippen LogP contribution in [-0.2, 0) is 0 Å². The van der Waals surface area contributed by atoms with Gasteiger partial charge >= 0.3 is 0 Å². The third-order valence-electron chi connectivity index (χ3n) is 3.15. The van der Waals surface area contributed by atoms with E-state index >= 15 is 0 Å². The van der Waals surface area contributed by atoms with Gasteiger partial charge in [-0.05, 0) is 45.0 Å². The summed E-state index contributed by atoms with van der Waals surface area (Å²) in [5.41, 5.74) is 6.97. The zero-order valence-electron chi connectivity index (χ0n) is 10.8. The Balaban J connectivity index is 1.83. The van der Waals surface area contributed by atoms with Gasteiger partial charge in [0.25, 0.3) is 5.91 Å². The molecule has 1 aromatic heterocycles. The lowest BCUT2D eigenvalue weighted by molar-refractivity contribution is 0.0949. The maximum Gasteiger partial charge on any atom is 0.251 e. The molecule has 0 aromatic carbocycles. The first-order valence-electron chi connectivity index (χ1n) is 6.40. The summed E-state index contributed by atoms with van der Waals surface area (Å²) < 4.78 is 0. The van der Waals surface area contributed by atoms with Gasteiger partial charge < -0.3 is 16.0 Å². The Morgan fingerprint density at radius 3 is 2.83 bits per heavy atom. The van der Waals surface area contributed by atoms with Crippen LogP contribution in [0.5, 0.6) is 0 Å². The van der Waals surface area contributed by atoms with Crippen LogP contribution in [-0.4, -0.2) is 42.0 Å². The minimum absolute atomic E-state index is 0.0774. The van der Waals surface area contributed by atoms with Gasteiger partial charge in [-0.1, -0.05) is 0 Å². The molecule has 0 atom stereocenters. The van der Waals surface area contributed by atoms with Crippen LogP contribution < -0.4 is 11.1 Å². The number of pyridine rings is 1. The van der Waals surface area contributed by atoms with Crippen LogP contribution in [0.15, 0.2) is 12.1 Å². The van der Waals surface area contributed by atoms with Crippen molar-refractivity contribution < 1.29 is 4.79 Å². The predicted molar refractivity (Wildman–Crippen MR) is 71.4 cm³/mol. The van der Waals surface area contributed by atoms with E-state index in [1.807, 2.05) is 6.92 Å². The molecule has 1 amide bonds. The molecule has 0 bridgehead atoms. The second kappa shape index (κ2) is 5.82. The molecule has 5 heteroatoms. The fourth-order valence-corrected chi connectivity index (χ4v) is 2.26. The maximum atomic E-state index is 11.9. The van der Waals surface area contributed by atoms with E-state index in [9.17, 15) is 4.79 Å². The maximum absolute atomic E-state index is 11.9. The summed E-state index contributed by atoms with van der Waals surface area (Å²) in [6.07, 6.45) is 2.54. The summed E-state index contributed by atoms with van der Waals surface area (Å²) in [6.45, 7) is 5.73. The smallest absolute Gasteiger partial charge is 0.251 e. The number of hydrogen-bond acceptors (Lipinski definition) is 4. The number of likely N-dealkylation sites (tertiary alicyclic amines) is 1. The van der Waals surface area contributed by atoms with Gasteiger partial charge in [0.15, 0.2) is 0 Å². The second-order valence-corrected chi connectivity index (χ2v) is 4.73. The number of anilines is 1. The highest BCUT2D eigenvalue weighted by atomic mass is 16.1. The van der Waals surface area contributed by atoms with Crippen molar-refractivity contribution in [3.05, 3.63) is 23.4 Å².